The number of nitriles is 1. The van der Waals surface area contributed by atoms with Crippen molar-refractivity contribution in [3.8, 4) is 22.8 Å². The molecule has 152 valence electrons. The zero-order chi connectivity index (χ0) is 20.9. The number of carbonyl (C=O) groups excluding carboxylic acids is 1. The van der Waals surface area contributed by atoms with Gasteiger partial charge in [0.2, 0.25) is 5.91 Å². The Morgan fingerprint density at radius 2 is 2.31 bits per heavy atom. The molecule has 29 heavy (non-hydrogen) atoms. The SMILES string of the molecule is CCCOc1ccc(Oc2ncc(/C=C/[C@H](C)NC(=O)C3(C#N)CC3)s2)c(Cl)c1. The summed E-state index contributed by atoms with van der Waals surface area (Å²) in [5.41, 5.74) is -0.815. The summed E-state index contributed by atoms with van der Waals surface area (Å²) in [6.45, 7) is 4.54. The number of benzene rings is 1. The Balaban J connectivity index is 1.56. The molecular weight excluding hydrogens is 410 g/mol. The summed E-state index contributed by atoms with van der Waals surface area (Å²) in [5, 5.41) is 12.8. The van der Waals surface area contributed by atoms with Crippen LogP contribution in [0.5, 0.6) is 16.7 Å². The lowest BCUT2D eigenvalue weighted by Crippen LogP contribution is -2.36. The third-order valence-electron chi connectivity index (χ3n) is 4.38. The van der Waals surface area contributed by atoms with Crippen LogP contribution in [0, 0.1) is 16.7 Å². The molecule has 2 aromatic rings. The Hall–Kier alpha value is -2.56. The number of ether oxygens (including phenoxy) is 2. The van der Waals surface area contributed by atoms with Crippen molar-refractivity contribution in [2.75, 3.05) is 6.61 Å². The Kier molecular flexibility index (Phi) is 6.78. The van der Waals surface area contributed by atoms with Crippen LogP contribution in [0.3, 0.4) is 0 Å². The molecule has 0 saturated heterocycles. The minimum Gasteiger partial charge on any atom is -0.494 e. The lowest BCUT2D eigenvalue weighted by molar-refractivity contribution is -0.124. The fraction of sp³-hybridized carbons (Fsp3) is 0.381. The van der Waals surface area contributed by atoms with Gasteiger partial charge in [-0.2, -0.15) is 5.26 Å². The maximum Gasteiger partial charge on any atom is 0.279 e. The second-order valence-electron chi connectivity index (χ2n) is 6.89. The molecule has 1 fully saturated rings. The summed E-state index contributed by atoms with van der Waals surface area (Å²) in [6.07, 6.45) is 7.60. The van der Waals surface area contributed by atoms with Crippen LogP contribution in [0.2, 0.25) is 5.02 Å². The molecule has 0 aliphatic heterocycles. The van der Waals surface area contributed by atoms with E-state index in [1.807, 2.05) is 32.1 Å². The van der Waals surface area contributed by atoms with Gasteiger partial charge in [0.1, 0.15) is 16.9 Å². The Morgan fingerprint density at radius 3 is 2.97 bits per heavy atom. The minimum absolute atomic E-state index is 0.190. The zero-order valence-electron chi connectivity index (χ0n) is 16.3. The van der Waals surface area contributed by atoms with Crippen molar-refractivity contribution in [3.63, 3.8) is 0 Å². The second-order valence-corrected chi connectivity index (χ2v) is 8.32. The Labute approximate surface area is 179 Å². The van der Waals surface area contributed by atoms with Crippen molar-refractivity contribution in [2.24, 2.45) is 5.41 Å². The molecule has 0 radical (unpaired) electrons. The van der Waals surface area contributed by atoms with Crippen LogP contribution in [-0.4, -0.2) is 23.5 Å². The van der Waals surface area contributed by atoms with E-state index < -0.39 is 5.41 Å². The number of amides is 1. The normalized spacial score (nSPS) is 15.5. The van der Waals surface area contributed by atoms with Crippen molar-refractivity contribution >= 4 is 34.9 Å². The van der Waals surface area contributed by atoms with Crippen LogP contribution in [0.15, 0.2) is 30.5 Å². The molecule has 3 rings (SSSR count). The molecule has 0 unspecified atom stereocenters. The monoisotopic (exact) mass is 431 g/mol. The molecule has 6 nitrogen and oxygen atoms in total. The molecule has 1 aliphatic carbocycles. The number of halogens is 1. The minimum atomic E-state index is -0.815. The number of nitrogens with one attached hydrogen (secondary N) is 1. The van der Waals surface area contributed by atoms with E-state index in [0.717, 1.165) is 11.3 Å². The fourth-order valence-electron chi connectivity index (χ4n) is 2.51. The first-order valence-electron chi connectivity index (χ1n) is 9.42. The van der Waals surface area contributed by atoms with E-state index in [1.165, 1.54) is 11.3 Å². The van der Waals surface area contributed by atoms with Crippen molar-refractivity contribution in [1.82, 2.24) is 10.3 Å². The van der Waals surface area contributed by atoms with Gasteiger partial charge in [-0.25, -0.2) is 4.98 Å². The van der Waals surface area contributed by atoms with Crippen LogP contribution in [-0.2, 0) is 4.79 Å². The van der Waals surface area contributed by atoms with Crippen LogP contribution in [0.25, 0.3) is 6.08 Å². The van der Waals surface area contributed by atoms with Crippen molar-refractivity contribution < 1.29 is 14.3 Å². The lowest BCUT2D eigenvalue weighted by Gasteiger charge is -2.11. The first kappa shape index (κ1) is 21.2. The highest BCUT2D eigenvalue weighted by atomic mass is 35.5. The largest absolute Gasteiger partial charge is 0.494 e. The highest BCUT2D eigenvalue weighted by Gasteiger charge is 2.50. The number of carbonyl (C=O) groups is 1. The van der Waals surface area contributed by atoms with E-state index in [0.29, 0.717) is 41.2 Å². The van der Waals surface area contributed by atoms with Crippen molar-refractivity contribution in [2.45, 2.75) is 39.2 Å². The van der Waals surface area contributed by atoms with Gasteiger partial charge < -0.3 is 14.8 Å². The zero-order valence-corrected chi connectivity index (χ0v) is 17.8. The van der Waals surface area contributed by atoms with Crippen LogP contribution >= 0.6 is 22.9 Å². The van der Waals surface area contributed by atoms with Gasteiger partial charge in [-0.15, -0.1) is 0 Å². The lowest BCUT2D eigenvalue weighted by atomic mass is 10.1. The molecule has 1 N–H and O–H groups in total. The molecule has 1 heterocycles. The summed E-state index contributed by atoms with van der Waals surface area (Å²) >= 11 is 7.63. The number of rotatable bonds is 9. The van der Waals surface area contributed by atoms with Gasteiger partial charge in [0.15, 0.2) is 0 Å². The Bertz CT molecular complexity index is 947. The molecule has 1 aromatic carbocycles. The second kappa shape index (κ2) is 9.29. The average molecular weight is 432 g/mol. The topological polar surface area (TPSA) is 84.2 Å². The van der Waals surface area contributed by atoms with E-state index in [4.69, 9.17) is 26.3 Å². The predicted octanol–water partition coefficient (Wildman–Crippen LogP) is 5.20. The van der Waals surface area contributed by atoms with Crippen LogP contribution in [0.4, 0.5) is 0 Å². The van der Waals surface area contributed by atoms with Crippen molar-refractivity contribution in [1.29, 1.82) is 5.26 Å². The molecule has 0 bridgehead atoms. The highest BCUT2D eigenvalue weighted by Crippen LogP contribution is 2.45. The molecule has 1 atom stereocenters. The highest BCUT2D eigenvalue weighted by molar-refractivity contribution is 7.14. The van der Waals surface area contributed by atoms with E-state index in [1.54, 1.807) is 18.3 Å². The van der Waals surface area contributed by atoms with Gasteiger partial charge in [0, 0.05) is 18.3 Å². The van der Waals surface area contributed by atoms with Crippen LogP contribution in [0.1, 0.15) is 38.0 Å². The van der Waals surface area contributed by atoms with E-state index >= 15 is 0 Å². The average Bonchev–Trinajstić information content (AvgIpc) is 3.39. The van der Waals surface area contributed by atoms with Gasteiger partial charge in [0.05, 0.1) is 22.6 Å². The smallest absolute Gasteiger partial charge is 0.279 e. The van der Waals surface area contributed by atoms with Gasteiger partial charge >= 0.3 is 0 Å². The molecule has 8 heteroatoms. The first-order chi connectivity index (χ1) is 14.0. The predicted molar refractivity (Wildman–Crippen MR) is 113 cm³/mol. The summed E-state index contributed by atoms with van der Waals surface area (Å²) in [7, 11) is 0. The molecule has 1 saturated carbocycles. The number of hydrogen-bond donors (Lipinski definition) is 1. The molecule has 1 aromatic heterocycles. The first-order valence-corrected chi connectivity index (χ1v) is 10.6. The summed E-state index contributed by atoms with van der Waals surface area (Å²) in [6, 6.07) is 7.19. The standard InChI is InChI=1S/C21H22ClN3O3S/c1-3-10-27-15-5-7-18(17(22)11-15)28-20-24-12-16(29-20)6-4-14(2)25-19(26)21(13-23)8-9-21/h4-7,11-12,14H,3,8-10H2,1-2H3,(H,25,26)/b6-4+/t14-/m0/s1. The molecule has 0 spiro atoms. The summed E-state index contributed by atoms with van der Waals surface area (Å²) in [5.74, 6) is 1.01. The number of hydrogen-bond acceptors (Lipinski definition) is 6. The summed E-state index contributed by atoms with van der Waals surface area (Å²) < 4.78 is 11.3. The van der Waals surface area contributed by atoms with Crippen molar-refractivity contribution in [3.05, 3.63) is 40.4 Å². The maximum absolute atomic E-state index is 12.1. The Morgan fingerprint density at radius 1 is 1.52 bits per heavy atom. The number of nitrogens with zero attached hydrogens (tertiary/aromatic N) is 2. The van der Waals surface area contributed by atoms with Gasteiger partial charge in [-0.1, -0.05) is 35.9 Å². The third-order valence-corrected chi connectivity index (χ3v) is 5.52. The van der Waals surface area contributed by atoms with E-state index in [2.05, 4.69) is 16.4 Å². The molecule has 1 amide bonds. The van der Waals surface area contributed by atoms with E-state index in [9.17, 15) is 4.79 Å². The molecular formula is C21H22ClN3O3S. The maximum atomic E-state index is 12.1. The quantitative estimate of drug-likeness (QED) is 0.589. The van der Waals surface area contributed by atoms with E-state index in [-0.39, 0.29) is 11.9 Å². The van der Waals surface area contributed by atoms with Gasteiger partial charge in [-0.3, -0.25) is 4.79 Å². The van der Waals surface area contributed by atoms with Gasteiger partial charge in [-0.05, 0) is 44.4 Å². The van der Waals surface area contributed by atoms with Gasteiger partial charge in [0.25, 0.3) is 5.19 Å². The fourth-order valence-corrected chi connectivity index (χ4v) is 3.41. The third kappa shape index (κ3) is 5.49. The number of aromatic nitrogens is 1. The van der Waals surface area contributed by atoms with Crippen LogP contribution < -0.4 is 14.8 Å². The summed E-state index contributed by atoms with van der Waals surface area (Å²) in [4.78, 5) is 17.2. The number of thiazole rings is 1. The molecule has 1 aliphatic rings.